The molecule has 0 unspecified atom stereocenters. The van der Waals surface area contributed by atoms with Gasteiger partial charge in [-0.2, -0.15) is 13.2 Å². The van der Waals surface area contributed by atoms with Crippen LogP contribution in [0.2, 0.25) is 0 Å². The molecule has 1 aliphatic heterocycles. The molecule has 4 heteroatoms. The van der Waals surface area contributed by atoms with E-state index in [2.05, 4.69) is 10.7 Å². The van der Waals surface area contributed by atoms with Crippen molar-refractivity contribution < 1.29 is 17.9 Å². The van der Waals surface area contributed by atoms with Gasteiger partial charge in [0.15, 0.2) is 6.10 Å². The first-order chi connectivity index (χ1) is 5.05. The molecule has 1 heterocycles. The number of rotatable bonds is 0. The molecule has 1 nitrogen and oxygen atoms in total. The van der Waals surface area contributed by atoms with Crippen LogP contribution in [0.25, 0.3) is 0 Å². The zero-order chi connectivity index (χ0) is 8.48. The fourth-order valence-corrected chi connectivity index (χ4v) is 1.08. The molecule has 2 atom stereocenters. The molecule has 1 saturated heterocycles. The first kappa shape index (κ1) is 8.41. The number of alkyl halides is 3. The highest BCUT2D eigenvalue weighted by Crippen LogP contribution is 2.33. The van der Waals surface area contributed by atoms with E-state index in [1.807, 2.05) is 0 Å². The first-order valence-corrected chi connectivity index (χ1v) is 3.20. The molecule has 0 aromatic rings. The number of ether oxygens (including phenoxy) is 1. The van der Waals surface area contributed by atoms with E-state index >= 15 is 0 Å². The molecular formula is C7H7F3O. The second-order valence-corrected chi connectivity index (χ2v) is 2.39. The summed E-state index contributed by atoms with van der Waals surface area (Å²) in [4.78, 5) is 0. The molecular weight excluding hydrogens is 157 g/mol. The van der Waals surface area contributed by atoms with Gasteiger partial charge in [0.2, 0.25) is 0 Å². The minimum absolute atomic E-state index is 0.110. The van der Waals surface area contributed by atoms with E-state index in [4.69, 9.17) is 6.42 Å². The Labute approximate surface area is 62.5 Å². The van der Waals surface area contributed by atoms with Crippen LogP contribution in [0.15, 0.2) is 0 Å². The van der Waals surface area contributed by atoms with Crippen molar-refractivity contribution in [1.29, 1.82) is 0 Å². The predicted octanol–water partition coefficient (Wildman–Crippen LogP) is 1.59. The van der Waals surface area contributed by atoms with E-state index in [9.17, 15) is 13.2 Å². The molecule has 0 aliphatic carbocycles. The van der Waals surface area contributed by atoms with Crippen LogP contribution >= 0.6 is 0 Å². The van der Waals surface area contributed by atoms with Gasteiger partial charge in [-0.05, 0) is 6.42 Å². The minimum Gasteiger partial charge on any atom is -0.367 e. The van der Waals surface area contributed by atoms with Gasteiger partial charge in [-0.1, -0.05) is 0 Å². The Kier molecular flexibility index (Phi) is 2.10. The summed E-state index contributed by atoms with van der Waals surface area (Å²) in [6, 6.07) is 0. The first-order valence-electron chi connectivity index (χ1n) is 3.20. The molecule has 0 N–H and O–H groups in total. The van der Waals surface area contributed by atoms with Crippen molar-refractivity contribution in [3.8, 4) is 12.3 Å². The summed E-state index contributed by atoms with van der Waals surface area (Å²) in [5.74, 6) is 1.28. The molecule has 1 rings (SSSR count). The van der Waals surface area contributed by atoms with E-state index in [0.29, 0.717) is 6.42 Å². The molecule has 0 amide bonds. The van der Waals surface area contributed by atoms with Gasteiger partial charge in [0.25, 0.3) is 0 Å². The Morgan fingerprint density at radius 3 is 2.45 bits per heavy atom. The van der Waals surface area contributed by atoms with Gasteiger partial charge < -0.3 is 4.74 Å². The van der Waals surface area contributed by atoms with Crippen molar-refractivity contribution in [2.75, 3.05) is 6.61 Å². The van der Waals surface area contributed by atoms with Crippen LogP contribution in [0.4, 0.5) is 13.2 Å². The van der Waals surface area contributed by atoms with Crippen LogP contribution in [0.5, 0.6) is 0 Å². The molecule has 1 aliphatic rings. The molecule has 1 fully saturated rings. The third kappa shape index (κ3) is 1.66. The van der Waals surface area contributed by atoms with Gasteiger partial charge in [0.1, 0.15) is 0 Å². The molecule has 0 spiro atoms. The van der Waals surface area contributed by atoms with Crippen LogP contribution in [-0.2, 0) is 4.74 Å². The summed E-state index contributed by atoms with van der Waals surface area (Å²) in [5.41, 5.74) is 0. The largest absolute Gasteiger partial charge is 0.415 e. The Morgan fingerprint density at radius 2 is 2.09 bits per heavy atom. The van der Waals surface area contributed by atoms with E-state index in [-0.39, 0.29) is 6.61 Å². The van der Waals surface area contributed by atoms with Crippen molar-refractivity contribution in [3.63, 3.8) is 0 Å². The number of halogens is 3. The monoisotopic (exact) mass is 164 g/mol. The Balaban J connectivity index is 2.66. The average molecular weight is 164 g/mol. The average Bonchev–Trinajstić information content (AvgIpc) is 2.31. The van der Waals surface area contributed by atoms with E-state index in [0.717, 1.165) is 0 Å². The maximum Gasteiger partial charge on any atom is 0.415 e. The highest BCUT2D eigenvalue weighted by atomic mass is 19.4. The maximum absolute atomic E-state index is 12.0. The molecule has 11 heavy (non-hydrogen) atoms. The summed E-state index contributed by atoms with van der Waals surface area (Å²) >= 11 is 0. The summed E-state index contributed by atoms with van der Waals surface area (Å²) in [6.07, 6.45) is -0.858. The second-order valence-electron chi connectivity index (χ2n) is 2.39. The normalized spacial score (nSPS) is 31.8. The lowest BCUT2D eigenvalue weighted by Gasteiger charge is -2.16. The summed E-state index contributed by atoms with van der Waals surface area (Å²) < 4.78 is 40.4. The van der Waals surface area contributed by atoms with Gasteiger partial charge in [-0.25, -0.2) is 0 Å². The third-order valence-electron chi connectivity index (χ3n) is 1.63. The zero-order valence-electron chi connectivity index (χ0n) is 5.69. The number of terminal acetylenes is 1. The highest BCUT2D eigenvalue weighted by Gasteiger charge is 2.47. The van der Waals surface area contributed by atoms with E-state index in [1.54, 1.807) is 0 Å². The van der Waals surface area contributed by atoms with Gasteiger partial charge in [-0.3, -0.25) is 0 Å². The van der Waals surface area contributed by atoms with Gasteiger partial charge in [0.05, 0.1) is 5.92 Å². The molecule has 0 saturated carbocycles. The summed E-state index contributed by atoms with van der Waals surface area (Å²) in [6.45, 7) is 0.110. The minimum atomic E-state index is -4.31. The quantitative estimate of drug-likeness (QED) is 0.494. The third-order valence-corrected chi connectivity index (χ3v) is 1.63. The molecule has 0 aromatic carbocycles. The van der Waals surface area contributed by atoms with Crippen molar-refractivity contribution >= 4 is 0 Å². The van der Waals surface area contributed by atoms with E-state index in [1.165, 1.54) is 0 Å². The predicted molar refractivity (Wildman–Crippen MR) is 32.7 cm³/mol. The van der Waals surface area contributed by atoms with Crippen molar-refractivity contribution in [2.45, 2.75) is 18.7 Å². The van der Waals surface area contributed by atoms with E-state index < -0.39 is 18.2 Å². The second kappa shape index (κ2) is 2.74. The van der Waals surface area contributed by atoms with Crippen LogP contribution < -0.4 is 0 Å². The van der Waals surface area contributed by atoms with Crippen LogP contribution in [0.3, 0.4) is 0 Å². The smallest absolute Gasteiger partial charge is 0.367 e. The van der Waals surface area contributed by atoms with Crippen LogP contribution in [0, 0.1) is 18.3 Å². The van der Waals surface area contributed by atoms with Gasteiger partial charge in [0, 0.05) is 6.61 Å². The zero-order valence-corrected chi connectivity index (χ0v) is 5.69. The lowest BCUT2D eigenvalue weighted by Crippen LogP contribution is -2.33. The highest BCUT2D eigenvalue weighted by molar-refractivity contribution is 5.01. The molecule has 0 bridgehead atoms. The summed E-state index contributed by atoms with van der Waals surface area (Å²) in [7, 11) is 0. The standard InChI is InChI=1S/C7H7F3O/c1-2-5-3-4-11-6(5)7(8,9)10/h1,5-6H,3-4H2/t5-,6-/m0/s1. The fourth-order valence-electron chi connectivity index (χ4n) is 1.08. The van der Waals surface area contributed by atoms with Crippen molar-refractivity contribution in [2.24, 2.45) is 5.92 Å². The van der Waals surface area contributed by atoms with Crippen LogP contribution in [-0.4, -0.2) is 18.9 Å². The summed E-state index contributed by atoms with van der Waals surface area (Å²) in [5, 5.41) is 0. The maximum atomic E-state index is 12.0. The molecule has 62 valence electrons. The van der Waals surface area contributed by atoms with Crippen molar-refractivity contribution in [1.82, 2.24) is 0 Å². The fraction of sp³-hybridized carbons (Fsp3) is 0.714. The topological polar surface area (TPSA) is 9.23 Å². The lowest BCUT2D eigenvalue weighted by molar-refractivity contribution is -0.212. The SMILES string of the molecule is C#C[C@H]1CCO[C@@H]1C(F)(F)F. The number of hydrogen-bond donors (Lipinski definition) is 0. The van der Waals surface area contributed by atoms with Gasteiger partial charge in [-0.15, -0.1) is 12.3 Å². The molecule has 0 aromatic heterocycles. The Hall–Kier alpha value is -0.690. The Bertz CT molecular complexity index is 179. The number of hydrogen-bond acceptors (Lipinski definition) is 1. The van der Waals surface area contributed by atoms with Crippen molar-refractivity contribution in [3.05, 3.63) is 0 Å². The van der Waals surface area contributed by atoms with Crippen LogP contribution in [0.1, 0.15) is 6.42 Å². The Morgan fingerprint density at radius 1 is 1.45 bits per heavy atom. The van der Waals surface area contributed by atoms with Gasteiger partial charge >= 0.3 is 6.18 Å². The lowest BCUT2D eigenvalue weighted by atomic mass is 10.0. The molecule has 0 radical (unpaired) electrons.